The van der Waals surface area contributed by atoms with Crippen LogP contribution in [0.3, 0.4) is 0 Å². The van der Waals surface area contributed by atoms with Gasteiger partial charge in [0.2, 0.25) is 5.88 Å². The van der Waals surface area contributed by atoms with Crippen LogP contribution in [0.25, 0.3) is 0 Å². The number of nitrogen functional groups attached to an aromatic ring is 1. The summed E-state index contributed by atoms with van der Waals surface area (Å²) in [5.41, 5.74) is 10.7. The summed E-state index contributed by atoms with van der Waals surface area (Å²) in [4.78, 5) is 11.0. The molecule has 1 fully saturated rings. The van der Waals surface area contributed by atoms with Crippen LogP contribution in [-0.4, -0.2) is 23.1 Å². The average Bonchev–Trinajstić information content (AvgIpc) is 2.74. The number of rotatable bonds is 5. The lowest BCUT2D eigenvalue weighted by Crippen LogP contribution is -2.35. The lowest BCUT2D eigenvalue weighted by atomic mass is 9.90. The van der Waals surface area contributed by atoms with Gasteiger partial charge in [-0.15, -0.1) is 0 Å². The molecule has 2 heterocycles. The summed E-state index contributed by atoms with van der Waals surface area (Å²) in [5, 5.41) is 0. The van der Waals surface area contributed by atoms with E-state index in [1.54, 1.807) is 0 Å². The molecule has 5 nitrogen and oxygen atoms in total. The Morgan fingerprint density at radius 2 is 1.76 bits per heavy atom. The Kier molecular flexibility index (Phi) is 5.65. The van der Waals surface area contributed by atoms with Crippen molar-refractivity contribution in [3.63, 3.8) is 0 Å². The number of aryl methyl sites for hydroxylation is 2. The first-order valence-electron chi connectivity index (χ1n) is 10.2. The number of aromatic nitrogens is 2. The highest BCUT2D eigenvalue weighted by molar-refractivity contribution is 5.68. The second-order valence-electron chi connectivity index (χ2n) is 7.88. The zero-order valence-electron chi connectivity index (χ0n) is 17.1. The molecule has 0 aliphatic carbocycles. The molecule has 150 valence electrons. The Hall–Kier alpha value is -3.08. The van der Waals surface area contributed by atoms with E-state index >= 15 is 0 Å². The third kappa shape index (κ3) is 4.50. The highest BCUT2D eigenvalue weighted by Crippen LogP contribution is 2.34. The summed E-state index contributed by atoms with van der Waals surface area (Å²) in [6.07, 6.45) is 4.94. The predicted molar refractivity (Wildman–Crippen MR) is 118 cm³/mol. The molecule has 0 radical (unpaired) electrons. The smallest absolute Gasteiger partial charge is 0.248 e. The van der Waals surface area contributed by atoms with Crippen molar-refractivity contribution in [2.24, 2.45) is 5.92 Å². The quantitative estimate of drug-likeness (QED) is 0.671. The maximum atomic E-state index is 6.40. The van der Waals surface area contributed by atoms with Gasteiger partial charge < -0.3 is 15.4 Å². The molecule has 1 aromatic heterocycles. The van der Waals surface area contributed by atoms with Gasteiger partial charge in [0.05, 0.1) is 0 Å². The van der Waals surface area contributed by atoms with E-state index in [0.717, 1.165) is 43.9 Å². The molecule has 0 atom stereocenters. The van der Waals surface area contributed by atoms with Crippen LogP contribution >= 0.6 is 0 Å². The van der Waals surface area contributed by atoms with Crippen molar-refractivity contribution in [1.82, 2.24) is 9.97 Å². The molecule has 2 aromatic carbocycles. The van der Waals surface area contributed by atoms with E-state index < -0.39 is 0 Å². The number of hydrogen-bond acceptors (Lipinski definition) is 5. The molecular formula is C24H28N4O. The molecule has 0 amide bonds. The molecule has 4 rings (SSSR count). The number of piperidine rings is 1. The van der Waals surface area contributed by atoms with Gasteiger partial charge in [-0.3, -0.25) is 0 Å². The van der Waals surface area contributed by atoms with Crippen molar-refractivity contribution in [3.8, 4) is 11.6 Å². The molecule has 3 aromatic rings. The number of benzene rings is 2. The van der Waals surface area contributed by atoms with Crippen molar-refractivity contribution in [1.29, 1.82) is 0 Å². The highest BCUT2D eigenvalue weighted by atomic mass is 16.5. The van der Waals surface area contributed by atoms with Crippen LogP contribution < -0.4 is 15.4 Å². The first kappa shape index (κ1) is 19.2. The normalized spacial score (nSPS) is 14.8. The lowest BCUT2D eigenvalue weighted by molar-refractivity contribution is 0.401. The standard InChI is InChI=1S/C24H28N4O/c1-17-8-9-21(14-18(17)2)29-24-22(25)23(26-16-27-24)28-12-10-20(11-13-28)15-19-6-4-3-5-7-19/h3-9,14,16,20H,10-13,15,25H2,1-2H3. The number of nitrogens with zero attached hydrogens (tertiary/aromatic N) is 3. The van der Waals surface area contributed by atoms with Crippen molar-refractivity contribution >= 4 is 11.5 Å². The second-order valence-corrected chi connectivity index (χ2v) is 7.88. The van der Waals surface area contributed by atoms with Gasteiger partial charge >= 0.3 is 0 Å². The largest absolute Gasteiger partial charge is 0.437 e. The van der Waals surface area contributed by atoms with Gasteiger partial charge in [0, 0.05) is 13.1 Å². The first-order chi connectivity index (χ1) is 14.1. The fraction of sp³-hybridized carbons (Fsp3) is 0.333. The molecule has 1 aliphatic rings. The van der Waals surface area contributed by atoms with Crippen LogP contribution in [-0.2, 0) is 6.42 Å². The van der Waals surface area contributed by atoms with Crippen molar-refractivity contribution < 1.29 is 4.74 Å². The van der Waals surface area contributed by atoms with Gasteiger partial charge in [0.1, 0.15) is 17.8 Å². The zero-order valence-corrected chi connectivity index (χ0v) is 17.1. The number of ether oxygens (including phenoxy) is 1. The van der Waals surface area contributed by atoms with Crippen molar-refractivity contribution in [2.75, 3.05) is 23.7 Å². The number of hydrogen-bond donors (Lipinski definition) is 1. The van der Waals surface area contributed by atoms with Crippen molar-refractivity contribution in [3.05, 3.63) is 71.5 Å². The Morgan fingerprint density at radius 1 is 1.00 bits per heavy atom. The van der Waals surface area contributed by atoms with Gasteiger partial charge in [-0.25, -0.2) is 4.98 Å². The topological polar surface area (TPSA) is 64.3 Å². The summed E-state index contributed by atoms with van der Waals surface area (Å²) in [6, 6.07) is 16.7. The zero-order chi connectivity index (χ0) is 20.2. The average molecular weight is 389 g/mol. The van der Waals surface area contributed by atoms with Gasteiger partial charge in [0.25, 0.3) is 0 Å². The van der Waals surface area contributed by atoms with Gasteiger partial charge in [-0.2, -0.15) is 4.98 Å². The number of nitrogens with two attached hydrogens (primary N) is 1. The monoisotopic (exact) mass is 388 g/mol. The van der Waals surface area contributed by atoms with Crippen molar-refractivity contribution in [2.45, 2.75) is 33.1 Å². The van der Waals surface area contributed by atoms with Gasteiger partial charge in [-0.1, -0.05) is 36.4 Å². The van der Waals surface area contributed by atoms with Crippen LogP contribution in [0.1, 0.15) is 29.5 Å². The molecule has 0 spiro atoms. The minimum Gasteiger partial charge on any atom is -0.437 e. The van der Waals surface area contributed by atoms with Crippen LogP contribution in [0, 0.1) is 19.8 Å². The summed E-state index contributed by atoms with van der Waals surface area (Å²) in [6.45, 7) is 6.04. The second kappa shape index (κ2) is 8.52. The van der Waals surface area contributed by atoms with Crippen LogP contribution in [0.5, 0.6) is 11.6 Å². The summed E-state index contributed by atoms with van der Waals surface area (Å²) in [5.74, 6) is 2.63. The Balaban J connectivity index is 1.43. The van der Waals surface area contributed by atoms with Crippen LogP contribution in [0.15, 0.2) is 54.9 Å². The van der Waals surface area contributed by atoms with Crippen LogP contribution in [0.4, 0.5) is 11.5 Å². The third-order valence-electron chi connectivity index (χ3n) is 5.80. The molecule has 1 aliphatic heterocycles. The Labute approximate surface area is 172 Å². The fourth-order valence-corrected chi connectivity index (χ4v) is 3.89. The van der Waals surface area contributed by atoms with E-state index in [1.807, 2.05) is 18.2 Å². The Morgan fingerprint density at radius 3 is 2.48 bits per heavy atom. The molecule has 5 heteroatoms. The maximum Gasteiger partial charge on any atom is 0.248 e. The molecular weight excluding hydrogens is 360 g/mol. The predicted octanol–water partition coefficient (Wildman–Crippen LogP) is 4.93. The molecule has 0 bridgehead atoms. The van der Waals surface area contributed by atoms with E-state index in [4.69, 9.17) is 10.5 Å². The van der Waals surface area contributed by atoms with Gasteiger partial charge in [0.15, 0.2) is 5.82 Å². The minimum absolute atomic E-state index is 0.421. The van der Waals surface area contributed by atoms with Gasteiger partial charge in [-0.05, 0) is 67.9 Å². The molecule has 0 saturated carbocycles. The minimum atomic E-state index is 0.421. The molecule has 2 N–H and O–H groups in total. The third-order valence-corrected chi connectivity index (χ3v) is 5.80. The number of anilines is 2. The summed E-state index contributed by atoms with van der Waals surface area (Å²) < 4.78 is 5.97. The molecule has 29 heavy (non-hydrogen) atoms. The van der Waals surface area contributed by atoms with Crippen LogP contribution in [0.2, 0.25) is 0 Å². The lowest BCUT2D eigenvalue weighted by Gasteiger charge is -2.33. The summed E-state index contributed by atoms with van der Waals surface area (Å²) in [7, 11) is 0. The first-order valence-corrected chi connectivity index (χ1v) is 10.2. The molecule has 0 unspecified atom stereocenters. The van der Waals surface area contributed by atoms with E-state index in [1.165, 1.54) is 23.0 Å². The van der Waals surface area contributed by atoms with E-state index in [-0.39, 0.29) is 0 Å². The highest BCUT2D eigenvalue weighted by Gasteiger charge is 2.23. The van der Waals surface area contributed by atoms with E-state index in [9.17, 15) is 0 Å². The maximum absolute atomic E-state index is 6.40. The van der Waals surface area contributed by atoms with E-state index in [0.29, 0.717) is 17.5 Å². The SMILES string of the molecule is Cc1ccc(Oc2ncnc(N3CCC(Cc4ccccc4)CC3)c2N)cc1C. The van der Waals surface area contributed by atoms with E-state index in [2.05, 4.69) is 59.0 Å². The Bertz CT molecular complexity index is 966. The fourth-order valence-electron chi connectivity index (χ4n) is 3.89. The molecule has 1 saturated heterocycles. The summed E-state index contributed by atoms with van der Waals surface area (Å²) >= 11 is 0.